The van der Waals surface area contributed by atoms with E-state index in [1.165, 1.54) is 19.1 Å². The summed E-state index contributed by atoms with van der Waals surface area (Å²) >= 11 is 4.19. The molecule has 0 radical (unpaired) electrons. The first-order valence-corrected chi connectivity index (χ1v) is 11.8. The number of halogens is 1. The Morgan fingerprint density at radius 3 is 2.59 bits per heavy atom. The molecule has 2 heterocycles. The third-order valence-electron chi connectivity index (χ3n) is 5.20. The van der Waals surface area contributed by atoms with Gasteiger partial charge in [-0.15, -0.1) is 0 Å². The number of esters is 1. The number of carbonyl (C=O) groups is 4. The molecule has 1 aliphatic heterocycles. The number of hydrogen-bond acceptors (Lipinski definition) is 7. The Balaban J connectivity index is 2.40. The number of ether oxygens (including phenoxy) is 1. The van der Waals surface area contributed by atoms with Gasteiger partial charge in [-0.3, -0.25) is 14.4 Å². The second-order valence-corrected chi connectivity index (χ2v) is 8.69. The van der Waals surface area contributed by atoms with Crippen LogP contribution in [0.3, 0.4) is 0 Å². The lowest BCUT2D eigenvalue weighted by Gasteiger charge is -2.25. The molecule has 0 unspecified atom stereocenters. The minimum atomic E-state index is -1.03. The van der Waals surface area contributed by atoms with Crippen LogP contribution in [0.2, 0.25) is 0 Å². The molecule has 2 rings (SSSR count). The lowest BCUT2D eigenvalue weighted by molar-refractivity contribution is -0.155. The van der Waals surface area contributed by atoms with Crippen molar-refractivity contribution >= 4 is 36.3 Å². The van der Waals surface area contributed by atoms with Gasteiger partial charge < -0.3 is 20.7 Å². The summed E-state index contributed by atoms with van der Waals surface area (Å²) in [4.78, 5) is 54.9. The van der Waals surface area contributed by atoms with Crippen LogP contribution < -0.4 is 16.0 Å². The molecule has 0 saturated carbocycles. The maximum atomic E-state index is 14.3. The molecule has 0 spiro atoms. The van der Waals surface area contributed by atoms with Crippen molar-refractivity contribution in [2.24, 2.45) is 5.92 Å². The quantitative estimate of drug-likeness (QED) is 0.215. The second-order valence-electron chi connectivity index (χ2n) is 8.24. The number of allylic oxidation sites excluding steroid dienone is 1. The SMILES string of the molecule is C/C=C1\NC(=O)c2nc(ccc2F)CNC(=O)C[C@@H](CCCCS)OC(=O)[C@H](C(C)C)NC1=O. The summed E-state index contributed by atoms with van der Waals surface area (Å²) in [5.41, 5.74) is -0.432. The Morgan fingerprint density at radius 2 is 1.94 bits per heavy atom. The van der Waals surface area contributed by atoms with Crippen molar-refractivity contribution in [3.05, 3.63) is 41.1 Å². The molecule has 1 aromatic rings. The molecule has 1 aliphatic rings. The van der Waals surface area contributed by atoms with E-state index in [2.05, 4.69) is 33.6 Å². The van der Waals surface area contributed by atoms with Gasteiger partial charge >= 0.3 is 5.97 Å². The summed E-state index contributed by atoms with van der Waals surface area (Å²) in [6, 6.07) is 1.38. The van der Waals surface area contributed by atoms with Crippen molar-refractivity contribution in [1.82, 2.24) is 20.9 Å². The molecule has 2 atom stereocenters. The monoisotopic (exact) mass is 494 g/mol. The van der Waals surface area contributed by atoms with Crippen molar-refractivity contribution < 1.29 is 28.3 Å². The van der Waals surface area contributed by atoms with Gasteiger partial charge in [0.05, 0.1) is 18.7 Å². The number of nitrogens with one attached hydrogen (secondary N) is 3. The average molecular weight is 495 g/mol. The summed E-state index contributed by atoms with van der Waals surface area (Å²) in [5.74, 6) is -3.31. The van der Waals surface area contributed by atoms with Crippen LogP contribution in [0.1, 0.15) is 62.6 Å². The van der Waals surface area contributed by atoms with Crippen LogP contribution in [-0.4, -0.2) is 46.6 Å². The molecule has 186 valence electrons. The maximum Gasteiger partial charge on any atom is 0.329 e. The fourth-order valence-electron chi connectivity index (χ4n) is 3.29. The van der Waals surface area contributed by atoms with Crippen LogP contribution in [0, 0.1) is 11.7 Å². The van der Waals surface area contributed by atoms with Crippen molar-refractivity contribution in [3.63, 3.8) is 0 Å². The van der Waals surface area contributed by atoms with Crippen LogP contribution in [-0.2, 0) is 25.7 Å². The molecule has 9 nitrogen and oxygen atoms in total. The van der Waals surface area contributed by atoms with Gasteiger partial charge in [0.2, 0.25) is 5.91 Å². The van der Waals surface area contributed by atoms with E-state index in [4.69, 9.17) is 4.74 Å². The van der Waals surface area contributed by atoms with E-state index in [-0.39, 0.29) is 30.3 Å². The minimum Gasteiger partial charge on any atom is -0.460 e. The van der Waals surface area contributed by atoms with E-state index in [1.807, 2.05) is 0 Å². The summed E-state index contributed by atoms with van der Waals surface area (Å²) < 4.78 is 19.9. The van der Waals surface area contributed by atoms with Crippen molar-refractivity contribution in [2.45, 2.75) is 65.1 Å². The fraction of sp³-hybridized carbons (Fsp3) is 0.522. The molecule has 1 aromatic heterocycles. The molecular formula is C23H31FN4O5S. The molecule has 0 aromatic carbocycles. The Bertz CT molecular complexity index is 953. The number of cyclic esters (lactones) is 1. The van der Waals surface area contributed by atoms with E-state index in [9.17, 15) is 23.6 Å². The summed E-state index contributed by atoms with van der Waals surface area (Å²) in [7, 11) is 0. The molecular weight excluding hydrogens is 463 g/mol. The topological polar surface area (TPSA) is 126 Å². The largest absolute Gasteiger partial charge is 0.460 e. The van der Waals surface area contributed by atoms with Gasteiger partial charge in [-0.05, 0) is 50.0 Å². The van der Waals surface area contributed by atoms with Crippen molar-refractivity contribution in [2.75, 3.05) is 5.75 Å². The molecule has 3 amide bonds. The average Bonchev–Trinajstić information content (AvgIpc) is 2.79. The zero-order chi connectivity index (χ0) is 25.3. The van der Waals surface area contributed by atoms with Crippen LogP contribution >= 0.6 is 12.6 Å². The van der Waals surface area contributed by atoms with Gasteiger partial charge in [0, 0.05) is 0 Å². The van der Waals surface area contributed by atoms with Crippen molar-refractivity contribution in [3.8, 4) is 0 Å². The summed E-state index contributed by atoms with van der Waals surface area (Å²) in [6.07, 6.45) is 2.48. The predicted molar refractivity (Wildman–Crippen MR) is 126 cm³/mol. The number of pyridine rings is 1. The number of unbranched alkanes of at least 4 members (excludes halogenated alkanes) is 1. The zero-order valence-corrected chi connectivity index (χ0v) is 20.4. The first-order valence-electron chi connectivity index (χ1n) is 11.2. The number of aromatic nitrogens is 1. The summed E-state index contributed by atoms with van der Waals surface area (Å²) in [6.45, 7) is 4.92. The number of carbonyl (C=O) groups excluding carboxylic acids is 4. The number of thiol groups is 1. The number of nitrogens with zero attached hydrogens (tertiary/aromatic N) is 1. The molecule has 2 bridgehead atoms. The Hall–Kier alpha value is -2.95. The van der Waals surface area contributed by atoms with Crippen molar-refractivity contribution in [1.29, 1.82) is 0 Å². The van der Waals surface area contributed by atoms with Crippen LogP contribution in [0.25, 0.3) is 0 Å². The molecule has 34 heavy (non-hydrogen) atoms. The highest BCUT2D eigenvalue weighted by atomic mass is 32.1. The van der Waals surface area contributed by atoms with Gasteiger partial charge in [0.25, 0.3) is 11.8 Å². The molecule has 0 saturated heterocycles. The minimum absolute atomic E-state index is 0.0533. The highest BCUT2D eigenvalue weighted by Gasteiger charge is 2.30. The number of amides is 3. The first kappa shape index (κ1) is 27.3. The zero-order valence-electron chi connectivity index (χ0n) is 19.5. The Labute approximate surface area is 203 Å². The van der Waals surface area contributed by atoms with Gasteiger partial charge in [-0.2, -0.15) is 12.6 Å². The molecule has 0 fully saturated rings. The molecule has 0 aliphatic carbocycles. The van der Waals surface area contributed by atoms with Gasteiger partial charge in [-0.25, -0.2) is 14.2 Å². The summed E-state index contributed by atoms with van der Waals surface area (Å²) in [5, 5.41) is 7.56. The molecule has 3 N–H and O–H groups in total. The van der Waals surface area contributed by atoms with Gasteiger partial charge in [-0.1, -0.05) is 19.9 Å². The third-order valence-corrected chi connectivity index (χ3v) is 5.52. The Morgan fingerprint density at radius 1 is 1.21 bits per heavy atom. The number of rotatable bonds is 5. The highest BCUT2D eigenvalue weighted by Crippen LogP contribution is 2.15. The first-order chi connectivity index (χ1) is 16.2. The van der Waals surface area contributed by atoms with E-state index in [0.717, 1.165) is 12.5 Å². The van der Waals surface area contributed by atoms with Gasteiger partial charge in [0.1, 0.15) is 17.8 Å². The van der Waals surface area contributed by atoms with E-state index in [1.54, 1.807) is 13.8 Å². The predicted octanol–water partition coefficient (Wildman–Crippen LogP) is 2.03. The third kappa shape index (κ3) is 7.82. The fourth-order valence-corrected chi connectivity index (χ4v) is 3.51. The van der Waals surface area contributed by atoms with Crippen LogP contribution in [0.15, 0.2) is 23.9 Å². The Kier molecular flexibility index (Phi) is 10.5. The van der Waals surface area contributed by atoms with Crippen LogP contribution in [0.5, 0.6) is 0 Å². The van der Waals surface area contributed by atoms with Crippen LogP contribution in [0.4, 0.5) is 4.39 Å². The molecule has 11 heteroatoms. The smallest absolute Gasteiger partial charge is 0.329 e. The maximum absolute atomic E-state index is 14.3. The normalized spacial score (nSPS) is 21.6. The lowest BCUT2D eigenvalue weighted by atomic mass is 10.0. The highest BCUT2D eigenvalue weighted by molar-refractivity contribution is 7.80. The van der Waals surface area contributed by atoms with Gasteiger partial charge in [0.15, 0.2) is 11.5 Å². The number of hydrogen-bond donors (Lipinski definition) is 4. The van der Waals surface area contributed by atoms with E-state index in [0.29, 0.717) is 18.6 Å². The van der Waals surface area contributed by atoms with E-state index < -0.39 is 47.3 Å². The lowest BCUT2D eigenvalue weighted by Crippen LogP contribution is -2.49. The second kappa shape index (κ2) is 13.1. The van der Waals surface area contributed by atoms with E-state index >= 15 is 0 Å². The number of fused-ring (bicyclic) bond motifs is 2. The standard InChI is InChI=1S/C23H31FN4O5S/c1-4-17-21(30)28-19(13(2)3)23(32)33-15(7-5-6-10-34)11-18(29)25-12-14-8-9-16(24)20(26-14)22(31)27-17/h4,8-9,13,15,19,34H,5-7,10-12H2,1-3H3,(H,25,29)(H,27,31)(H,28,30)/b17-4-/t15-,19+/m1/s1.